The molecule has 0 radical (unpaired) electrons. The van der Waals surface area contributed by atoms with Crippen LogP contribution in [0.25, 0.3) is 0 Å². The lowest BCUT2D eigenvalue weighted by molar-refractivity contribution is 0.194. The highest BCUT2D eigenvalue weighted by Crippen LogP contribution is 2.26. The molecule has 2 amide bonds. The quantitative estimate of drug-likeness (QED) is 0.869. The number of hydrogen-bond donors (Lipinski definition) is 1. The second-order valence-electron chi connectivity index (χ2n) is 6.07. The van der Waals surface area contributed by atoms with Crippen molar-refractivity contribution in [1.29, 1.82) is 0 Å². The van der Waals surface area contributed by atoms with Gasteiger partial charge in [0, 0.05) is 37.2 Å². The van der Waals surface area contributed by atoms with Gasteiger partial charge in [0.1, 0.15) is 0 Å². The molecule has 1 fully saturated rings. The first kappa shape index (κ1) is 16.8. The second kappa shape index (κ2) is 7.71. The van der Waals surface area contributed by atoms with Crippen LogP contribution in [0.2, 0.25) is 0 Å². The summed E-state index contributed by atoms with van der Waals surface area (Å²) in [6, 6.07) is 16.5. The van der Waals surface area contributed by atoms with Crippen molar-refractivity contribution in [1.82, 2.24) is 10.2 Å². The van der Waals surface area contributed by atoms with Crippen LogP contribution in [0.15, 0.2) is 53.0 Å². The lowest BCUT2D eigenvalue weighted by Crippen LogP contribution is -2.51. The molecule has 1 aliphatic rings. The van der Waals surface area contributed by atoms with E-state index in [2.05, 4.69) is 69.5 Å². The largest absolute Gasteiger partial charge is 0.367 e. The van der Waals surface area contributed by atoms with Crippen molar-refractivity contribution in [2.24, 2.45) is 0 Å². The molecule has 0 saturated carbocycles. The summed E-state index contributed by atoms with van der Waals surface area (Å²) in [7, 11) is 0. The maximum absolute atomic E-state index is 12.3. The van der Waals surface area contributed by atoms with Gasteiger partial charge in [-0.25, -0.2) is 4.79 Å². The van der Waals surface area contributed by atoms with Gasteiger partial charge in [-0.15, -0.1) is 0 Å². The number of urea groups is 1. The molecule has 24 heavy (non-hydrogen) atoms. The molecule has 0 bridgehead atoms. The van der Waals surface area contributed by atoms with Gasteiger partial charge in [-0.05, 0) is 40.5 Å². The summed E-state index contributed by atoms with van der Waals surface area (Å²) in [5.41, 5.74) is 3.55. The van der Waals surface area contributed by atoms with Crippen LogP contribution in [0, 0.1) is 6.92 Å². The minimum absolute atomic E-state index is 0.0161. The molecule has 1 aliphatic heterocycles. The van der Waals surface area contributed by atoms with E-state index in [0.29, 0.717) is 6.54 Å². The van der Waals surface area contributed by atoms with Crippen LogP contribution in [-0.4, -0.2) is 37.1 Å². The van der Waals surface area contributed by atoms with Crippen molar-refractivity contribution in [3.05, 3.63) is 64.1 Å². The summed E-state index contributed by atoms with van der Waals surface area (Å²) in [4.78, 5) is 16.5. The Balaban J connectivity index is 1.50. The highest BCUT2D eigenvalue weighted by atomic mass is 79.9. The number of nitrogens with one attached hydrogen (secondary N) is 1. The van der Waals surface area contributed by atoms with Crippen molar-refractivity contribution >= 4 is 27.6 Å². The van der Waals surface area contributed by atoms with Crippen LogP contribution in [0.4, 0.5) is 10.5 Å². The third-order valence-corrected chi connectivity index (χ3v) is 4.99. The molecule has 5 heteroatoms. The molecule has 2 aromatic carbocycles. The van der Waals surface area contributed by atoms with Crippen molar-refractivity contribution in [2.75, 3.05) is 31.1 Å². The summed E-state index contributed by atoms with van der Waals surface area (Å²) in [6.07, 6.45) is 0. The zero-order valence-corrected chi connectivity index (χ0v) is 15.4. The topological polar surface area (TPSA) is 35.6 Å². The molecule has 0 aliphatic carbocycles. The molecule has 0 aromatic heterocycles. The Kier molecular flexibility index (Phi) is 5.41. The van der Waals surface area contributed by atoms with Crippen LogP contribution >= 0.6 is 15.9 Å². The summed E-state index contributed by atoms with van der Waals surface area (Å²) in [6.45, 7) is 5.81. The number of aryl methyl sites for hydroxylation is 1. The van der Waals surface area contributed by atoms with Crippen molar-refractivity contribution < 1.29 is 4.79 Å². The first-order chi connectivity index (χ1) is 11.6. The van der Waals surface area contributed by atoms with E-state index in [4.69, 9.17) is 0 Å². The van der Waals surface area contributed by atoms with E-state index in [1.165, 1.54) is 11.3 Å². The first-order valence-corrected chi connectivity index (χ1v) is 9.00. The number of carbonyl (C=O) groups excluding carboxylic acids is 1. The van der Waals surface area contributed by atoms with Crippen LogP contribution < -0.4 is 10.2 Å². The maximum Gasteiger partial charge on any atom is 0.317 e. The van der Waals surface area contributed by atoms with Gasteiger partial charge in [-0.3, -0.25) is 0 Å². The van der Waals surface area contributed by atoms with Crippen LogP contribution in [0.3, 0.4) is 0 Å². The maximum atomic E-state index is 12.3. The van der Waals surface area contributed by atoms with E-state index in [0.717, 1.165) is 36.2 Å². The first-order valence-electron chi connectivity index (χ1n) is 8.21. The van der Waals surface area contributed by atoms with Gasteiger partial charge in [0.2, 0.25) is 0 Å². The van der Waals surface area contributed by atoms with Crippen molar-refractivity contribution in [3.8, 4) is 0 Å². The normalized spacial score (nSPS) is 14.6. The summed E-state index contributed by atoms with van der Waals surface area (Å²) >= 11 is 3.60. The standard InChI is InChI=1S/C19H22BrN3O/c1-15-6-8-16(9-7-15)14-21-19(24)23-12-10-22(11-13-23)18-5-3-2-4-17(18)20/h2-9H,10-14H2,1H3,(H,21,24). The molecule has 2 aromatic rings. The molecular formula is C19H22BrN3O. The number of halogens is 1. The van der Waals surface area contributed by atoms with Gasteiger partial charge in [0.25, 0.3) is 0 Å². The summed E-state index contributed by atoms with van der Waals surface area (Å²) in [5.74, 6) is 0. The fraction of sp³-hybridized carbons (Fsp3) is 0.316. The number of hydrogen-bond acceptors (Lipinski definition) is 2. The van der Waals surface area contributed by atoms with E-state index >= 15 is 0 Å². The zero-order chi connectivity index (χ0) is 16.9. The molecule has 4 nitrogen and oxygen atoms in total. The highest BCUT2D eigenvalue weighted by molar-refractivity contribution is 9.10. The van der Waals surface area contributed by atoms with E-state index < -0.39 is 0 Å². The average Bonchev–Trinajstić information content (AvgIpc) is 2.61. The summed E-state index contributed by atoms with van der Waals surface area (Å²) < 4.78 is 1.10. The minimum Gasteiger partial charge on any atom is -0.367 e. The molecule has 0 spiro atoms. The number of carbonyl (C=O) groups is 1. The second-order valence-corrected chi connectivity index (χ2v) is 6.92. The molecule has 0 unspecified atom stereocenters. The third-order valence-electron chi connectivity index (χ3n) is 4.32. The number of para-hydroxylation sites is 1. The molecular weight excluding hydrogens is 366 g/mol. The third kappa shape index (κ3) is 4.09. The number of nitrogens with zero attached hydrogens (tertiary/aromatic N) is 2. The van der Waals surface area contributed by atoms with Gasteiger partial charge < -0.3 is 15.1 Å². The Morgan fingerprint density at radius 3 is 2.38 bits per heavy atom. The smallest absolute Gasteiger partial charge is 0.317 e. The average molecular weight is 388 g/mol. The summed E-state index contributed by atoms with van der Waals surface area (Å²) in [5, 5.41) is 3.01. The Labute approximate surface area is 151 Å². The Morgan fingerprint density at radius 2 is 1.71 bits per heavy atom. The molecule has 1 saturated heterocycles. The molecule has 0 atom stereocenters. The van der Waals surface area contributed by atoms with Gasteiger partial charge in [0.05, 0.1) is 5.69 Å². The fourth-order valence-electron chi connectivity index (χ4n) is 2.85. The minimum atomic E-state index is 0.0161. The van der Waals surface area contributed by atoms with Gasteiger partial charge >= 0.3 is 6.03 Å². The van der Waals surface area contributed by atoms with Gasteiger partial charge in [-0.2, -0.15) is 0 Å². The Bertz CT molecular complexity index is 694. The predicted octanol–water partition coefficient (Wildman–Crippen LogP) is 3.79. The number of benzene rings is 2. The fourth-order valence-corrected chi connectivity index (χ4v) is 3.39. The van der Waals surface area contributed by atoms with Crippen LogP contribution in [0.1, 0.15) is 11.1 Å². The monoisotopic (exact) mass is 387 g/mol. The van der Waals surface area contributed by atoms with E-state index in [1.807, 2.05) is 17.0 Å². The highest BCUT2D eigenvalue weighted by Gasteiger charge is 2.21. The SMILES string of the molecule is Cc1ccc(CNC(=O)N2CCN(c3ccccc3Br)CC2)cc1. The van der Waals surface area contributed by atoms with Gasteiger partial charge in [-0.1, -0.05) is 42.0 Å². The lowest BCUT2D eigenvalue weighted by Gasteiger charge is -2.36. The van der Waals surface area contributed by atoms with Crippen molar-refractivity contribution in [2.45, 2.75) is 13.5 Å². The number of anilines is 1. The molecule has 126 valence electrons. The van der Waals surface area contributed by atoms with Crippen molar-refractivity contribution in [3.63, 3.8) is 0 Å². The van der Waals surface area contributed by atoms with E-state index in [1.54, 1.807) is 0 Å². The number of amides is 2. The molecule has 1 heterocycles. The Morgan fingerprint density at radius 1 is 1.04 bits per heavy atom. The van der Waals surface area contributed by atoms with E-state index in [-0.39, 0.29) is 6.03 Å². The number of piperazine rings is 1. The lowest BCUT2D eigenvalue weighted by atomic mass is 10.1. The predicted molar refractivity (Wildman–Crippen MR) is 101 cm³/mol. The zero-order valence-electron chi connectivity index (χ0n) is 13.8. The van der Waals surface area contributed by atoms with Crippen LogP contribution in [0.5, 0.6) is 0 Å². The van der Waals surface area contributed by atoms with E-state index in [9.17, 15) is 4.79 Å². The molecule has 3 rings (SSSR count). The Hall–Kier alpha value is -2.01. The number of rotatable bonds is 3. The van der Waals surface area contributed by atoms with Crippen LogP contribution in [-0.2, 0) is 6.54 Å². The molecule has 1 N–H and O–H groups in total. The van der Waals surface area contributed by atoms with Gasteiger partial charge in [0.15, 0.2) is 0 Å².